The quantitative estimate of drug-likeness (QED) is 0.491. The molecule has 0 radical (unpaired) electrons. The average molecular weight is 325 g/mol. The summed E-state index contributed by atoms with van der Waals surface area (Å²) in [6, 6.07) is 7.03. The van der Waals surface area contributed by atoms with E-state index in [0.29, 0.717) is 43.6 Å². The molecule has 120 valence electrons. The molecule has 1 amide bonds. The molecule has 22 heavy (non-hydrogen) atoms. The van der Waals surface area contributed by atoms with Gasteiger partial charge in [0, 0.05) is 36.8 Å². The van der Waals surface area contributed by atoms with Gasteiger partial charge in [-0.2, -0.15) is 0 Å². The first kappa shape index (κ1) is 16.6. The number of carbonyl (C=O) groups excluding carboxylic acids is 1. The van der Waals surface area contributed by atoms with Crippen molar-refractivity contribution in [1.82, 2.24) is 4.90 Å². The van der Waals surface area contributed by atoms with Crippen LogP contribution in [0.3, 0.4) is 0 Å². The molecule has 3 N–H and O–H groups in total. The zero-order chi connectivity index (χ0) is 15.8. The van der Waals surface area contributed by atoms with Crippen LogP contribution in [0.25, 0.3) is 0 Å². The Labute approximate surface area is 135 Å². The normalized spacial score (nSPS) is 15.7. The highest BCUT2D eigenvalue weighted by Gasteiger charge is 2.11. The molecule has 7 heteroatoms. The number of anilines is 1. The van der Waals surface area contributed by atoms with Crippen molar-refractivity contribution < 1.29 is 9.53 Å². The fraction of sp³-hybridized carbons (Fsp3) is 0.467. The van der Waals surface area contributed by atoms with E-state index < -0.39 is 0 Å². The molecule has 1 aliphatic heterocycles. The number of nitrogens with one attached hydrogen (secondary N) is 1. The van der Waals surface area contributed by atoms with Gasteiger partial charge in [0.05, 0.1) is 13.2 Å². The predicted octanol–water partition coefficient (Wildman–Crippen LogP) is 1.71. The zero-order valence-corrected chi connectivity index (χ0v) is 13.2. The molecule has 1 heterocycles. The summed E-state index contributed by atoms with van der Waals surface area (Å²) in [6.45, 7) is 3.44. The van der Waals surface area contributed by atoms with E-state index in [-0.39, 0.29) is 5.91 Å². The molecule has 1 saturated heterocycles. The van der Waals surface area contributed by atoms with E-state index in [2.05, 4.69) is 10.3 Å². The van der Waals surface area contributed by atoms with Crippen molar-refractivity contribution in [2.45, 2.75) is 12.8 Å². The highest BCUT2D eigenvalue weighted by molar-refractivity contribution is 6.30. The second-order valence-electron chi connectivity index (χ2n) is 5.00. The molecule has 0 atom stereocenters. The lowest BCUT2D eigenvalue weighted by molar-refractivity contribution is -0.116. The summed E-state index contributed by atoms with van der Waals surface area (Å²) in [5, 5.41) is 3.46. The summed E-state index contributed by atoms with van der Waals surface area (Å²) in [6.07, 6.45) is 1.06. The van der Waals surface area contributed by atoms with Gasteiger partial charge < -0.3 is 20.7 Å². The maximum Gasteiger partial charge on any atom is 0.224 e. The van der Waals surface area contributed by atoms with Gasteiger partial charge >= 0.3 is 0 Å². The number of rotatable bonds is 5. The van der Waals surface area contributed by atoms with Gasteiger partial charge in [0.2, 0.25) is 5.91 Å². The van der Waals surface area contributed by atoms with Crippen LogP contribution in [0.2, 0.25) is 5.02 Å². The van der Waals surface area contributed by atoms with Crippen LogP contribution in [-0.4, -0.2) is 49.6 Å². The first-order valence-corrected chi connectivity index (χ1v) is 7.71. The number of morpholine rings is 1. The molecule has 0 aromatic heterocycles. The zero-order valence-electron chi connectivity index (χ0n) is 12.4. The third kappa shape index (κ3) is 5.54. The van der Waals surface area contributed by atoms with Crippen molar-refractivity contribution in [2.75, 3.05) is 38.2 Å². The van der Waals surface area contributed by atoms with Crippen LogP contribution < -0.4 is 11.1 Å². The van der Waals surface area contributed by atoms with Crippen LogP contribution in [0, 0.1) is 0 Å². The molecule has 1 aliphatic rings. The van der Waals surface area contributed by atoms with Gasteiger partial charge in [-0.1, -0.05) is 11.6 Å². The van der Waals surface area contributed by atoms with Gasteiger partial charge in [-0.05, 0) is 30.7 Å². The van der Waals surface area contributed by atoms with E-state index in [1.165, 1.54) is 0 Å². The van der Waals surface area contributed by atoms with Crippen LogP contribution in [-0.2, 0) is 9.53 Å². The number of halogens is 1. The third-order valence-corrected chi connectivity index (χ3v) is 3.55. The van der Waals surface area contributed by atoms with Crippen LogP contribution >= 0.6 is 11.6 Å². The fourth-order valence-corrected chi connectivity index (χ4v) is 2.21. The van der Waals surface area contributed by atoms with Crippen LogP contribution in [0.1, 0.15) is 12.8 Å². The number of hydrogen-bond acceptors (Lipinski definition) is 3. The molecule has 1 fully saturated rings. The second kappa shape index (κ2) is 8.60. The van der Waals surface area contributed by atoms with Gasteiger partial charge in [0.15, 0.2) is 5.96 Å². The minimum atomic E-state index is -0.0394. The number of benzene rings is 1. The largest absolute Gasteiger partial charge is 0.378 e. The number of ether oxygens (including phenoxy) is 1. The molecule has 2 rings (SSSR count). The van der Waals surface area contributed by atoms with Crippen molar-refractivity contribution >= 4 is 29.2 Å². The molecule has 0 saturated carbocycles. The van der Waals surface area contributed by atoms with Gasteiger partial charge in [-0.3, -0.25) is 9.79 Å². The maximum atomic E-state index is 11.8. The molecule has 0 spiro atoms. The van der Waals surface area contributed by atoms with Gasteiger partial charge in [-0.15, -0.1) is 0 Å². The number of hydrogen-bond donors (Lipinski definition) is 2. The topological polar surface area (TPSA) is 79.9 Å². The minimum Gasteiger partial charge on any atom is -0.378 e. The summed E-state index contributed by atoms with van der Waals surface area (Å²) < 4.78 is 5.26. The monoisotopic (exact) mass is 324 g/mol. The molecule has 1 aromatic rings. The Morgan fingerprint density at radius 3 is 2.68 bits per heavy atom. The highest BCUT2D eigenvalue weighted by Crippen LogP contribution is 2.13. The maximum absolute atomic E-state index is 11.8. The van der Waals surface area contributed by atoms with E-state index in [0.717, 1.165) is 18.8 Å². The van der Waals surface area contributed by atoms with Crippen molar-refractivity contribution in [3.05, 3.63) is 29.3 Å². The Balaban J connectivity index is 1.67. The molecular formula is C15H21ClN4O2. The van der Waals surface area contributed by atoms with E-state index in [4.69, 9.17) is 22.1 Å². The van der Waals surface area contributed by atoms with Crippen LogP contribution in [0.4, 0.5) is 5.69 Å². The van der Waals surface area contributed by atoms with Crippen molar-refractivity contribution in [3.63, 3.8) is 0 Å². The number of nitrogens with two attached hydrogens (primary N) is 1. The standard InChI is InChI=1S/C15H21ClN4O2/c16-12-3-5-13(6-4-12)19-14(21)2-1-7-18-15(17)20-8-10-22-11-9-20/h3-6H,1-2,7-11H2,(H2,17,18)(H,19,21). The molecule has 0 bridgehead atoms. The first-order valence-electron chi connectivity index (χ1n) is 7.33. The van der Waals surface area contributed by atoms with Gasteiger partial charge in [-0.25, -0.2) is 0 Å². The fourth-order valence-electron chi connectivity index (χ4n) is 2.08. The average Bonchev–Trinajstić information content (AvgIpc) is 2.54. The number of amides is 1. The number of carbonyl (C=O) groups is 1. The number of nitrogens with zero attached hydrogens (tertiary/aromatic N) is 2. The Kier molecular flexibility index (Phi) is 6.48. The predicted molar refractivity (Wildman–Crippen MR) is 88.2 cm³/mol. The van der Waals surface area contributed by atoms with Crippen molar-refractivity contribution in [2.24, 2.45) is 10.7 Å². The van der Waals surface area contributed by atoms with E-state index in [1.54, 1.807) is 24.3 Å². The van der Waals surface area contributed by atoms with E-state index >= 15 is 0 Å². The van der Waals surface area contributed by atoms with E-state index in [1.807, 2.05) is 4.90 Å². The summed E-state index contributed by atoms with van der Waals surface area (Å²) in [4.78, 5) is 18.1. The summed E-state index contributed by atoms with van der Waals surface area (Å²) in [7, 11) is 0. The number of aliphatic imine (C=N–C) groups is 1. The van der Waals surface area contributed by atoms with Crippen molar-refractivity contribution in [1.29, 1.82) is 0 Å². The molecule has 1 aromatic carbocycles. The lowest BCUT2D eigenvalue weighted by atomic mass is 10.2. The molecule has 0 aliphatic carbocycles. The lowest BCUT2D eigenvalue weighted by Crippen LogP contribution is -2.44. The minimum absolute atomic E-state index is 0.0394. The van der Waals surface area contributed by atoms with Crippen molar-refractivity contribution in [3.8, 4) is 0 Å². The summed E-state index contributed by atoms with van der Waals surface area (Å²) in [5.41, 5.74) is 6.65. The Bertz CT molecular complexity index is 513. The first-order chi connectivity index (χ1) is 10.6. The Morgan fingerprint density at radius 1 is 1.32 bits per heavy atom. The Morgan fingerprint density at radius 2 is 2.00 bits per heavy atom. The third-order valence-electron chi connectivity index (χ3n) is 3.30. The highest BCUT2D eigenvalue weighted by atomic mass is 35.5. The second-order valence-corrected chi connectivity index (χ2v) is 5.43. The van der Waals surface area contributed by atoms with Gasteiger partial charge in [0.1, 0.15) is 0 Å². The number of guanidine groups is 1. The molecule has 0 unspecified atom stereocenters. The van der Waals surface area contributed by atoms with E-state index in [9.17, 15) is 4.79 Å². The SMILES string of the molecule is NC(=NCCCC(=O)Nc1ccc(Cl)cc1)N1CCOCC1. The summed E-state index contributed by atoms with van der Waals surface area (Å²) >= 11 is 5.79. The lowest BCUT2D eigenvalue weighted by Gasteiger charge is -2.27. The summed E-state index contributed by atoms with van der Waals surface area (Å²) in [5.74, 6) is 0.490. The molecule has 6 nitrogen and oxygen atoms in total. The molecular weight excluding hydrogens is 304 g/mol. The van der Waals surface area contributed by atoms with Crippen LogP contribution in [0.15, 0.2) is 29.3 Å². The van der Waals surface area contributed by atoms with Gasteiger partial charge in [0.25, 0.3) is 0 Å². The Hall–Kier alpha value is -1.79. The smallest absolute Gasteiger partial charge is 0.224 e. The van der Waals surface area contributed by atoms with Crippen LogP contribution in [0.5, 0.6) is 0 Å².